The highest BCUT2D eigenvalue weighted by molar-refractivity contribution is 9.10. The molecule has 0 saturated carbocycles. The van der Waals surface area contributed by atoms with E-state index in [0.717, 1.165) is 36.0 Å². The molecule has 1 heterocycles. The highest BCUT2D eigenvalue weighted by Gasteiger charge is 2.27. The van der Waals surface area contributed by atoms with Crippen molar-refractivity contribution >= 4 is 15.9 Å². The van der Waals surface area contributed by atoms with Gasteiger partial charge in [-0.2, -0.15) is 0 Å². The van der Waals surface area contributed by atoms with Gasteiger partial charge in [-0.3, -0.25) is 0 Å². The smallest absolute Gasteiger partial charge is 0.123 e. The Hall–Kier alpha value is -0.450. The lowest BCUT2D eigenvalue weighted by Crippen LogP contribution is -2.45. The first kappa shape index (κ1) is 13.0. The summed E-state index contributed by atoms with van der Waals surface area (Å²) < 4.78 is 19.9. The molecule has 0 spiro atoms. The van der Waals surface area contributed by atoms with Crippen LogP contribution in [0.4, 0.5) is 4.39 Å². The molecule has 0 aliphatic carbocycles. The minimum Gasteiger partial charge on any atom is -0.369 e. The van der Waals surface area contributed by atoms with Gasteiger partial charge in [-0.05, 0) is 50.1 Å². The van der Waals surface area contributed by atoms with Crippen LogP contribution in [0.5, 0.6) is 0 Å². The van der Waals surface area contributed by atoms with E-state index in [9.17, 15) is 4.39 Å². The van der Waals surface area contributed by atoms with Crippen LogP contribution in [0.25, 0.3) is 0 Å². The van der Waals surface area contributed by atoms with E-state index in [-0.39, 0.29) is 11.4 Å². The topological polar surface area (TPSA) is 21.3 Å². The van der Waals surface area contributed by atoms with Crippen LogP contribution in [0.2, 0.25) is 0 Å². The van der Waals surface area contributed by atoms with Crippen LogP contribution in [0.15, 0.2) is 22.7 Å². The van der Waals surface area contributed by atoms with Crippen LogP contribution >= 0.6 is 15.9 Å². The summed E-state index contributed by atoms with van der Waals surface area (Å²) in [7, 11) is 0. The minimum absolute atomic E-state index is 0.135. The molecule has 1 saturated heterocycles. The van der Waals surface area contributed by atoms with Crippen LogP contribution in [-0.4, -0.2) is 18.7 Å². The number of rotatable bonds is 3. The second-order valence-corrected chi connectivity index (χ2v) is 5.61. The monoisotopic (exact) mass is 301 g/mol. The van der Waals surface area contributed by atoms with Crippen molar-refractivity contribution in [1.82, 2.24) is 5.32 Å². The summed E-state index contributed by atoms with van der Waals surface area (Å²) in [4.78, 5) is 0. The minimum atomic E-state index is -0.223. The third-order valence-electron chi connectivity index (χ3n) is 3.14. The Morgan fingerprint density at radius 1 is 1.53 bits per heavy atom. The maximum Gasteiger partial charge on any atom is 0.123 e. The van der Waals surface area contributed by atoms with Gasteiger partial charge in [0.15, 0.2) is 0 Å². The Bertz CT molecular complexity index is 391. The first-order valence-corrected chi connectivity index (χ1v) is 6.67. The molecule has 1 unspecified atom stereocenters. The average Bonchev–Trinajstić information content (AvgIpc) is 2.31. The second kappa shape index (κ2) is 5.46. The van der Waals surface area contributed by atoms with Gasteiger partial charge in [-0.1, -0.05) is 15.9 Å². The lowest BCUT2D eigenvalue weighted by molar-refractivity contribution is -0.0574. The molecular weight excluding hydrogens is 285 g/mol. The SMILES string of the molecule is CC1(OCc2cc(F)ccc2Br)CCCNC1. The Balaban J connectivity index is 1.99. The predicted octanol–water partition coefficient (Wildman–Crippen LogP) is 3.25. The molecule has 0 bridgehead atoms. The van der Waals surface area contributed by atoms with Crippen molar-refractivity contribution in [3.63, 3.8) is 0 Å². The van der Waals surface area contributed by atoms with Crippen molar-refractivity contribution < 1.29 is 9.13 Å². The molecule has 17 heavy (non-hydrogen) atoms. The van der Waals surface area contributed by atoms with E-state index >= 15 is 0 Å². The third kappa shape index (κ3) is 3.50. The van der Waals surface area contributed by atoms with Crippen molar-refractivity contribution in [3.05, 3.63) is 34.1 Å². The first-order chi connectivity index (χ1) is 8.09. The normalized spacial score (nSPS) is 24.9. The van der Waals surface area contributed by atoms with E-state index in [0.29, 0.717) is 6.61 Å². The summed E-state index contributed by atoms with van der Waals surface area (Å²) in [6.07, 6.45) is 2.17. The molecule has 0 radical (unpaired) electrons. The fourth-order valence-corrected chi connectivity index (χ4v) is 2.42. The van der Waals surface area contributed by atoms with Crippen molar-refractivity contribution in [3.8, 4) is 0 Å². The molecule has 1 aromatic rings. The maximum absolute atomic E-state index is 13.1. The van der Waals surface area contributed by atoms with Crippen LogP contribution in [0, 0.1) is 5.82 Å². The Labute approximate surface area is 110 Å². The molecule has 94 valence electrons. The summed E-state index contributed by atoms with van der Waals surface area (Å²) in [6.45, 7) is 4.46. The van der Waals surface area contributed by atoms with Gasteiger partial charge in [0.2, 0.25) is 0 Å². The first-order valence-electron chi connectivity index (χ1n) is 5.88. The van der Waals surface area contributed by atoms with Gasteiger partial charge >= 0.3 is 0 Å². The van der Waals surface area contributed by atoms with Crippen molar-refractivity contribution in [2.45, 2.75) is 32.0 Å². The number of nitrogens with one attached hydrogen (secondary N) is 1. The van der Waals surface area contributed by atoms with Crippen LogP contribution in [0.1, 0.15) is 25.3 Å². The Kier molecular flexibility index (Phi) is 4.17. The van der Waals surface area contributed by atoms with E-state index in [1.165, 1.54) is 12.1 Å². The van der Waals surface area contributed by atoms with Gasteiger partial charge in [0.05, 0.1) is 12.2 Å². The standard InChI is InChI=1S/C13H17BrFNO/c1-13(5-2-6-16-9-13)17-8-10-7-11(15)3-4-12(10)14/h3-4,7,16H,2,5-6,8-9H2,1H3. The molecule has 4 heteroatoms. The number of halogens is 2. The third-order valence-corrected chi connectivity index (χ3v) is 3.92. The molecule has 1 fully saturated rings. The summed E-state index contributed by atoms with van der Waals surface area (Å²) >= 11 is 3.41. The molecule has 1 aliphatic heterocycles. The van der Waals surface area contributed by atoms with Crippen LogP contribution in [0.3, 0.4) is 0 Å². The molecule has 1 N–H and O–H groups in total. The number of hydrogen-bond acceptors (Lipinski definition) is 2. The van der Waals surface area contributed by atoms with E-state index in [4.69, 9.17) is 4.74 Å². The Morgan fingerprint density at radius 2 is 2.35 bits per heavy atom. The quantitative estimate of drug-likeness (QED) is 0.925. The molecule has 0 amide bonds. The molecule has 0 aromatic heterocycles. The lowest BCUT2D eigenvalue weighted by Gasteiger charge is -2.34. The molecule has 1 aliphatic rings. The van der Waals surface area contributed by atoms with Gasteiger partial charge in [0.1, 0.15) is 5.82 Å². The van der Waals surface area contributed by atoms with Crippen molar-refractivity contribution in [1.29, 1.82) is 0 Å². The molecule has 1 atom stereocenters. The number of ether oxygens (including phenoxy) is 1. The van der Waals surface area contributed by atoms with Gasteiger partial charge in [0, 0.05) is 11.0 Å². The second-order valence-electron chi connectivity index (χ2n) is 4.75. The Morgan fingerprint density at radius 3 is 3.06 bits per heavy atom. The lowest BCUT2D eigenvalue weighted by atomic mass is 9.96. The fourth-order valence-electron chi connectivity index (χ4n) is 2.06. The van der Waals surface area contributed by atoms with E-state index in [1.807, 2.05) is 0 Å². The van der Waals surface area contributed by atoms with Gasteiger partial charge in [-0.25, -0.2) is 4.39 Å². The van der Waals surface area contributed by atoms with Gasteiger partial charge in [0.25, 0.3) is 0 Å². The zero-order valence-electron chi connectivity index (χ0n) is 9.93. The predicted molar refractivity (Wildman–Crippen MR) is 69.4 cm³/mol. The summed E-state index contributed by atoms with van der Waals surface area (Å²) in [5, 5.41) is 3.33. The molecular formula is C13H17BrFNO. The van der Waals surface area contributed by atoms with E-state index in [1.54, 1.807) is 6.07 Å². The number of benzene rings is 1. The van der Waals surface area contributed by atoms with E-state index in [2.05, 4.69) is 28.2 Å². The zero-order valence-corrected chi connectivity index (χ0v) is 11.5. The zero-order chi connectivity index (χ0) is 12.3. The van der Waals surface area contributed by atoms with Gasteiger partial charge in [-0.15, -0.1) is 0 Å². The van der Waals surface area contributed by atoms with E-state index < -0.39 is 0 Å². The van der Waals surface area contributed by atoms with Crippen molar-refractivity contribution in [2.24, 2.45) is 0 Å². The molecule has 2 nitrogen and oxygen atoms in total. The summed E-state index contributed by atoms with van der Waals surface area (Å²) in [5.74, 6) is -0.223. The average molecular weight is 302 g/mol. The molecule has 2 rings (SSSR count). The molecule has 1 aromatic carbocycles. The summed E-state index contributed by atoms with van der Waals surface area (Å²) in [6, 6.07) is 4.68. The maximum atomic E-state index is 13.1. The van der Waals surface area contributed by atoms with Gasteiger partial charge < -0.3 is 10.1 Å². The van der Waals surface area contributed by atoms with Crippen LogP contribution < -0.4 is 5.32 Å². The number of piperidine rings is 1. The van der Waals surface area contributed by atoms with Crippen molar-refractivity contribution in [2.75, 3.05) is 13.1 Å². The summed E-state index contributed by atoms with van der Waals surface area (Å²) in [5.41, 5.74) is 0.723. The highest BCUT2D eigenvalue weighted by Crippen LogP contribution is 2.25. The largest absolute Gasteiger partial charge is 0.369 e. The fraction of sp³-hybridized carbons (Fsp3) is 0.538. The number of hydrogen-bond donors (Lipinski definition) is 1. The van der Waals surface area contributed by atoms with Crippen LogP contribution in [-0.2, 0) is 11.3 Å². The highest BCUT2D eigenvalue weighted by atomic mass is 79.9.